The fourth-order valence-electron chi connectivity index (χ4n) is 2.40. The minimum absolute atomic E-state index is 0.126. The molecule has 3 nitrogen and oxygen atoms in total. The molecule has 0 radical (unpaired) electrons. The molecule has 0 saturated heterocycles. The van der Waals surface area contributed by atoms with Crippen LogP contribution in [0.5, 0.6) is 5.75 Å². The van der Waals surface area contributed by atoms with Crippen LogP contribution in [0, 0.1) is 12.7 Å². The molecule has 1 aliphatic rings. The lowest BCUT2D eigenvalue weighted by Crippen LogP contribution is -2.00. The highest BCUT2D eigenvalue weighted by Gasteiger charge is 2.28. The standard InChI is InChI=1S/C16H13FO3S/c1-11-3-2-4-15-12(10-21(18,19)16(11)15)9-20-14-7-5-13(17)6-8-14/h2-8,10H,9H2,1H3. The Morgan fingerprint density at radius 1 is 1.10 bits per heavy atom. The topological polar surface area (TPSA) is 43.4 Å². The van der Waals surface area contributed by atoms with E-state index in [-0.39, 0.29) is 12.4 Å². The molecule has 3 rings (SSSR count). The fourth-order valence-corrected chi connectivity index (χ4v) is 4.11. The first-order chi connectivity index (χ1) is 9.97. The van der Waals surface area contributed by atoms with E-state index in [9.17, 15) is 12.8 Å². The van der Waals surface area contributed by atoms with Crippen LogP contribution in [-0.4, -0.2) is 15.0 Å². The van der Waals surface area contributed by atoms with E-state index in [1.54, 1.807) is 19.1 Å². The molecule has 0 unspecified atom stereocenters. The molecule has 0 spiro atoms. The Balaban J connectivity index is 1.88. The van der Waals surface area contributed by atoms with Crippen molar-refractivity contribution in [2.24, 2.45) is 0 Å². The Bertz CT molecular complexity index is 821. The summed E-state index contributed by atoms with van der Waals surface area (Å²) in [5.41, 5.74) is 2.01. The molecule has 0 amide bonds. The van der Waals surface area contributed by atoms with Crippen molar-refractivity contribution in [1.82, 2.24) is 0 Å². The molecule has 5 heteroatoms. The van der Waals surface area contributed by atoms with Gasteiger partial charge in [-0.05, 0) is 36.8 Å². The average Bonchev–Trinajstić information content (AvgIpc) is 2.71. The van der Waals surface area contributed by atoms with Crippen molar-refractivity contribution in [3.63, 3.8) is 0 Å². The first-order valence-corrected chi connectivity index (χ1v) is 7.96. The van der Waals surface area contributed by atoms with Crippen LogP contribution in [0.2, 0.25) is 0 Å². The van der Waals surface area contributed by atoms with Crippen LogP contribution < -0.4 is 4.74 Å². The summed E-state index contributed by atoms with van der Waals surface area (Å²) >= 11 is 0. The Kier molecular flexibility index (Phi) is 3.29. The minimum atomic E-state index is -3.40. The van der Waals surface area contributed by atoms with Crippen LogP contribution in [0.25, 0.3) is 5.57 Å². The number of rotatable bonds is 3. The van der Waals surface area contributed by atoms with Gasteiger partial charge in [0.25, 0.3) is 0 Å². The van der Waals surface area contributed by atoms with Gasteiger partial charge in [-0.15, -0.1) is 0 Å². The SMILES string of the molecule is Cc1cccc2c1S(=O)(=O)C=C2COc1ccc(F)cc1. The number of aryl methyl sites for hydroxylation is 1. The van der Waals surface area contributed by atoms with Gasteiger partial charge in [-0.3, -0.25) is 0 Å². The van der Waals surface area contributed by atoms with E-state index in [4.69, 9.17) is 4.74 Å². The molecule has 0 aliphatic carbocycles. The van der Waals surface area contributed by atoms with E-state index in [1.807, 2.05) is 6.07 Å². The minimum Gasteiger partial charge on any atom is -0.489 e. The summed E-state index contributed by atoms with van der Waals surface area (Å²) in [7, 11) is -3.40. The van der Waals surface area contributed by atoms with E-state index in [2.05, 4.69) is 0 Å². The Labute approximate surface area is 122 Å². The molecule has 0 saturated carbocycles. The highest BCUT2D eigenvalue weighted by molar-refractivity contribution is 7.95. The molecule has 2 aromatic carbocycles. The lowest BCUT2D eigenvalue weighted by molar-refractivity contribution is 0.369. The molecule has 0 bridgehead atoms. The third kappa shape index (κ3) is 2.56. The van der Waals surface area contributed by atoms with Crippen LogP contribution in [-0.2, 0) is 9.84 Å². The van der Waals surface area contributed by atoms with E-state index in [1.165, 1.54) is 29.7 Å². The van der Waals surface area contributed by atoms with E-state index >= 15 is 0 Å². The van der Waals surface area contributed by atoms with Crippen LogP contribution in [0.15, 0.2) is 52.8 Å². The van der Waals surface area contributed by atoms with Crippen molar-refractivity contribution >= 4 is 15.4 Å². The van der Waals surface area contributed by atoms with Gasteiger partial charge in [-0.1, -0.05) is 18.2 Å². The maximum atomic E-state index is 12.8. The summed E-state index contributed by atoms with van der Waals surface area (Å²) in [6.07, 6.45) is 0. The van der Waals surface area contributed by atoms with Crippen molar-refractivity contribution in [2.75, 3.05) is 6.61 Å². The molecule has 21 heavy (non-hydrogen) atoms. The molecule has 0 N–H and O–H groups in total. The Morgan fingerprint density at radius 2 is 1.81 bits per heavy atom. The van der Waals surface area contributed by atoms with E-state index < -0.39 is 9.84 Å². The summed E-state index contributed by atoms with van der Waals surface area (Å²) in [5, 5.41) is 1.24. The first-order valence-electron chi connectivity index (χ1n) is 6.41. The highest BCUT2D eigenvalue weighted by Crippen LogP contribution is 2.35. The number of fused-ring (bicyclic) bond motifs is 1. The smallest absolute Gasteiger partial charge is 0.201 e. The summed E-state index contributed by atoms with van der Waals surface area (Å²) in [6, 6.07) is 11.0. The lowest BCUT2D eigenvalue weighted by atomic mass is 10.1. The number of ether oxygens (including phenoxy) is 1. The number of halogens is 1. The molecule has 108 valence electrons. The predicted molar refractivity (Wildman–Crippen MR) is 78.2 cm³/mol. The van der Waals surface area contributed by atoms with Gasteiger partial charge in [-0.2, -0.15) is 0 Å². The maximum Gasteiger partial charge on any atom is 0.201 e. The first kappa shape index (κ1) is 13.8. The van der Waals surface area contributed by atoms with Gasteiger partial charge in [-0.25, -0.2) is 12.8 Å². The van der Waals surface area contributed by atoms with Crippen LogP contribution in [0.1, 0.15) is 11.1 Å². The van der Waals surface area contributed by atoms with Crippen molar-refractivity contribution in [3.8, 4) is 5.75 Å². The zero-order valence-corrected chi connectivity index (χ0v) is 12.2. The quantitative estimate of drug-likeness (QED) is 0.873. The molecule has 0 aromatic heterocycles. The van der Waals surface area contributed by atoms with Gasteiger partial charge in [0.2, 0.25) is 9.84 Å². The third-order valence-corrected chi connectivity index (χ3v) is 5.05. The molecule has 2 aromatic rings. The Morgan fingerprint density at radius 3 is 2.52 bits per heavy atom. The summed E-state index contributed by atoms with van der Waals surface area (Å²) in [5.74, 6) is 0.154. The molecular weight excluding hydrogens is 291 g/mol. The Hall–Kier alpha value is -2.14. The van der Waals surface area contributed by atoms with Crippen LogP contribution in [0.3, 0.4) is 0 Å². The predicted octanol–water partition coefficient (Wildman–Crippen LogP) is 3.34. The number of hydrogen-bond acceptors (Lipinski definition) is 3. The number of sulfone groups is 1. The summed E-state index contributed by atoms with van der Waals surface area (Å²) < 4.78 is 42.7. The molecule has 1 heterocycles. The van der Waals surface area contributed by atoms with Gasteiger partial charge >= 0.3 is 0 Å². The molecular formula is C16H13FO3S. The van der Waals surface area contributed by atoms with Gasteiger partial charge in [0.05, 0.1) is 4.90 Å². The molecule has 0 atom stereocenters. The van der Waals surface area contributed by atoms with E-state index in [0.717, 1.165) is 5.56 Å². The highest BCUT2D eigenvalue weighted by atomic mass is 32.2. The second kappa shape index (κ2) is 5.00. The monoisotopic (exact) mass is 304 g/mol. The van der Waals surface area contributed by atoms with Crippen LogP contribution in [0.4, 0.5) is 4.39 Å². The molecule has 1 aliphatic heterocycles. The average molecular weight is 304 g/mol. The second-order valence-corrected chi connectivity index (χ2v) is 6.62. The maximum absolute atomic E-state index is 12.8. The zero-order valence-electron chi connectivity index (χ0n) is 11.3. The number of benzene rings is 2. The van der Waals surface area contributed by atoms with Crippen molar-refractivity contribution in [1.29, 1.82) is 0 Å². The lowest BCUT2D eigenvalue weighted by Gasteiger charge is -2.08. The molecule has 0 fully saturated rings. The van der Waals surface area contributed by atoms with Gasteiger partial charge < -0.3 is 4.74 Å². The van der Waals surface area contributed by atoms with Gasteiger partial charge in [0.15, 0.2) is 0 Å². The van der Waals surface area contributed by atoms with Gasteiger partial charge in [0, 0.05) is 16.5 Å². The van der Waals surface area contributed by atoms with Crippen molar-refractivity contribution in [2.45, 2.75) is 11.8 Å². The van der Waals surface area contributed by atoms with E-state index in [0.29, 0.717) is 21.8 Å². The fraction of sp³-hybridized carbons (Fsp3) is 0.125. The van der Waals surface area contributed by atoms with Crippen molar-refractivity contribution in [3.05, 3.63) is 64.8 Å². The van der Waals surface area contributed by atoms with Crippen LogP contribution >= 0.6 is 0 Å². The largest absolute Gasteiger partial charge is 0.489 e. The van der Waals surface area contributed by atoms with Gasteiger partial charge in [0.1, 0.15) is 18.2 Å². The summed E-state index contributed by atoms with van der Waals surface area (Å²) in [6.45, 7) is 1.90. The normalized spacial score (nSPS) is 15.4. The third-order valence-electron chi connectivity index (χ3n) is 3.35. The second-order valence-electron chi connectivity index (χ2n) is 4.88. The number of hydrogen-bond donors (Lipinski definition) is 0. The summed E-state index contributed by atoms with van der Waals surface area (Å²) in [4.78, 5) is 0.350. The van der Waals surface area contributed by atoms with Crippen molar-refractivity contribution < 1.29 is 17.5 Å². The zero-order chi connectivity index (χ0) is 15.0.